The van der Waals surface area contributed by atoms with Gasteiger partial charge < -0.3 is 15.4 Å². The van der Waals surface area contributed by atoms with Gasteiger partial charge in [-0.3, -0.25) is 9.59 Å². The molecule has 0 heterocycles. The molecule has 2 rings (SSSR count). The molecule has 0 saturated carbocycles. The van der Waals surface area contributed by atoms with Gasteiger partial charge in [-0.05, 0) is 55.3 Å². The Morgan fingerprint density at radius 3 is 2.31 bits per heavy atom. The number of carbonyl (C=O) groups excluding carboxylic acids is 2. The van der Waals surface area contributed by atoms with Crippen LogP contribution in [0.2, 0.25) is 0 Å². The quantitative estimate of drug-likeness (QED) is 0.470. The lowest BCUT2D eigenvalue weighted by Crippen LogP contribution is -2.24. The zero-order valence-electron chi connectivity index (χ0n) is 17.5. The maximum absolute atomic E-state index is 12.5. The normalized spacial score (nSPS) is 10.4. The predicted octanol–water partition coefficient (Wildman–Crippen LogP) is 5.43. The fraction of sp³-hybridized carbons (Fsp3) is 0.417. The number of hydrogen-bond donors (Lipinski definition) is 2. The van der Waals surface area contributed by atoms with Crippen LogP contribution in [0.1, 0.15) is 73.1 Å². The molecule has 0 aromatic heterocycles. The molecule has 2 aromatic rings. The molecule has 0 aliphatic heterocycles. The third-order valence-corrected chi connectivity index (χ3v) is 4.58. The highest BCUT2D eigenvalue weighted by Crippen LogP contribution is 2.16. The van der Waals surface area contributed by atoms with Crippen molar-refractivity contribution in [2.24, 2.45) is 0 Å². The lowest BCUT2D eigenvalue weighted by Gasteiger charge is -2.09. The molecule has 2 N–H and O–H groups in total. The van der Waals surface area contributed by atoms with Crippen molar-refractivity contribution < 1.29 is 14.3 Å². The molecule has 5 heteroatoms. The maximum atomic E-state index is 12.5. The van der Waals surface area contributed by atoms with Crippen molar-refractivity contribution in [1.82, 2.24) is 5.32 Å². The van der Waals surface area contributed by atoms with Crippen LogP contribution in [0.3, 0.4) is 0 Å². The third kappa shape index (κ3) is 7.98. The monoisotopic (exact) mass is 396 g/mol. The highest BCUT2D eigenvalue weighted by molar-refractivity contribution is 6.05. The summed E-state index contributed by atoms with van der Waals surface area (Å²) in [5, 5.41) is 5.73. The average molecular weight is 397 g/mol. The second kappa shape index (κ2) is 12.6. The zero-order valence-corrected chi connectivity index (χ0v) is 17.5. The standard InChI is InChI=1S/C24H32N2O3/c1-3-5-7-8-17-29-22-14-12-19(13-15-22)24(28)26-21-11-9-10-20(18-21)23(27)25-16-6-4-2/h9-15,18H,3-8,16-17H2,1-2H3,(H,25,27)(H,26,28). The van der Waals surface area contributed by atoms with Gasteiger partial charge in [0.15, 0.2) is 0 Å². The average Bonchev–Trinajstić information content (AvgIpc) is 2.74. The first-order valence-corrected chi connectivity index (χ1v) is 10.6. The Kier molecular flexibility index (Phi) is 9.76. The number of benzene rings is 2. The van der Waals surface area contributed by atoms with Crippen LogP contribution in [-0.2, 0) is 0 Å². The van der Waals surface area contributed by atoms with Crippen molar-refractivity contribution in [3.05, 3.63) is 59.7 Å². The van der Waals surface area contributed by atoms with Gasteiger partial charge >= 0.3 is 0 Å². The fourth-order valence-electron chi connectivity index (χ4n) is 2.84. The van der Waals surface area contributed by atoms with Crippen LogP contribution in [0.25, 0.3) is 0 Å². The van der Waals surface area contributed by atoms with Crippen LogP contribution < -0.4 is 15.4 Å². The van der Waals surface area contributed by atoms with Crippen molar-refractivity contribution in [3.8, 4) is 5.75 Å². The van der Waals surface area contributed by atoms with Gasteiger partial charge in [-0.15, -0.1) is 0 Å². The van der Waals surface area contributed by atoms with Gasteiger partial charge in [0.2, 0.25) is 0 Å². The Hall–Kier alpha value is -2.82. The summed E-state index contributed by atoms with van der Waals surface area (Å²) in [6, 6.07) is 14.1. The van der Waals surface area contributed by atoms with Crippen molar-refractivity contribution in [2.75, 3.05) is 18.5 Å². The Morgan fingerprint density at radius 1 is 0.828 bits per heavy atom. The van der Waals surface area contributed by atoms with Gasteiger partial charge in [-0.2, -0.15) is 0 Å². The van der Waals surface area contributed by atoms with Gasteiger partial charge in [0.1, 0.15) is 5.75 Å². The molecule has 0 aliphatic rings. The largest absolute Gasteiger partial charge is 0.494 e. The Bertz CT molecular complexity index is 772. The molecule has 2 amide bonds. The van der Waals surface area contributed by atoms with Crippen molar-refractivity contribution in [3.63, 3.8) is 0 Å². The van der Waals surface area contributed by atoms with Gasteiger partial charge in [0.25, 0.3) is 11.8 Å². The SMILES string of the molecule is CCCCCCOc1ccc(C(=O)Nc2cccc(C(=O)NCCCC)c2)cc1. The van der Waals surface area contributed by atoms with Crippen LogP contribution >= 0.6 is 0 Å². The summed E-state index contributed by atoms with van der Waals surface area (Å²) in [6.45, 7) is 5.61. The molecule has 0 atom stereocenters. The molecule has 156 valence electrons. The number of unbranched alkanes of at least 4 members (excludes halogenated alkanes) is 4. The summed E-state index contributed by atoms with van der Waals surface area (Å²) in [5.41, 5.74) is 1.67. The molecule has 5 nitrogen and oxygen atoms in total. The Morgan fingerprint density at radius 2 is 1.59 bits per heavy atom. The van der Waals surface area contributed by atoms with E-state index in [2.05, 4.69) is 24.5 Å². The second-order valence-corrected chi connectivity index (χ2v) is 7.08. The van der Waals surface area contributed by atoms with E-state index in [0.717, 1.165) is 25.0 Å². The molecular weight excluding hydrogens is 364 g/mol. The van der Waals surface area contributed by atoms with Gasteiger partial charge in [-0.25, -0.2) is 0 Å². The molecular formula is C24H32N2O3. The van der Waals surface area contributed by atoms with Crippen LogP contribution in [0.15, 0.2) is 48.5 Å². The van der Waals surface area contributed by atoms with Crippen LogP contribution in [0.5, 0.6) is 5.75 Å². The van der Waals surface area contributed by atoms with E-state index in [4.69, 9.17) is 4.74 Å². The van der Waals surface area contributed by atoms with E-state index in [-0.39, 0.29) is 11.8 Å². The highest BCUT2D eigenvalue weighted by Gasteiger charge is 2.09. The molecule has 0 unspecified atom stereocenters. The first kappa shape index (κ1) is 22.5. The number of anilines is 1. The maximum Gasteiger partial charge on any atom is 0.255 e. The van der Waals surface area contributed by atoms with Crippen molar-refractivity contribution >= 4 is 17.5 Å². The number of amides is 2. The van der Waals surface area contributed by atoms with Gasteiger partial charge in [-0.1, -0.05) is 45.6 Å². The number of ether oxygens (including phenoxy) is 1. The summed E-state index contributed by atoms with van der Waals surface area (Å²) < 4.78 is 5.71. The predicted molar refractivity (Wildman–Crippen MR) is 118 cm³/mol. The Balaban J connectivity index is 1.88. The summed E-state index contributed by atoms with van der Waals surface area (Å²) in [7, 11) is 0. The fourth-order valence-corrected chi connectivity index (χ4v) is 2.84. The molecule has 0 saturated heterocycles. The second-order valence-electron chi connectivity index (χ2n) is 7.08. The van der Waals surface area contributed by atoms with E-state index in [1.165, 1.54) is 19.3 Å². The van der Waals surface area contributed by atoms with E-state index < -0.39 is 0 Å². The molecule has 0 aliphatic carbocycles. The summed E-state index contributed by atoms with van der Waals surface area (Å²) in [5.74, 6) is 0.418. The molecule has 0 fully saturated rings. The summed E-state index contributed by atoms with van der Waals surface area (Å²) in [4.78, 5) is 24.7. The van der Waals surface area contributed by atoms with E-state index >= 15 is 0 Å². The van der Waals surface area contributed by atoms with Crippen LogP contribution in [0, 0.1) is 0 Å². The lowest BCUT2D eigenvalue weighted by atomic mass is 10.1. The third-order valence-electron chi connectivity index (χ3n) is 4.58. The number of carbonyl (C=O) groups is 2. The lowest BCUT2D eigenvalue weighted by molar-refractivity contribution is 0.0951. The summed E-state index contributed by atoms with van der Waals surface area (Å²) in [6.07, 6.45) is 6.62. The topological polar surface area (TPSA) is 67.4 Å². The Labute approximate surface area is 173 Å². The zero-order chi connectivity index (χ0) is 20.9. The van der Waals surface area contributed by atoms with Crippen molar-refractivity contribution in [2.45, 2.75) is 52.4 Å². The van der Waals surface area contributed by atoms with E-state index in [0.29, 0.717) is 30.0 Å². The minimum absolute atomic E-state index is 0.130. The van der Waals surface area contributed by atoms with E-state index in [1.807, 2.05) is 12.1 Å². The molecule has 0 bridgehead atoms. The minimum Gasteiger partial charge on any atom is -0.494 e. The molecule has 0 spiro atoms. The highest BCUT2D eigenvalue weighted by atomic mass is 16.5. The summed E-state index contributed by atoms with van der Waals surface area (Å²) >= 11 is 0. The van der Waals surface area contributed by atoms with Gasteiger partial charge in [0.05, 0.1) is 6.61 Å². The smallest absolute Gasteiger partial charge is 0.255 e. The molecule has 29 heavy (non-hydrogen) atoms. The first-order chi connectivity index (χ1) is 14.1. The van der Waals surface area contributed by atoms with Gasteiger partial charge in [0, 0.05) is 23.4 Å². The van der Waals surface area contributed by atoms with Crippen molar-refractivity contribution in [1.29, 1.82) is 0 Å². The molecule has 0 radical (unpaired) electrons. The number of hydrogen-bond acceptors (Lipinski definition) is 3. The number of rotatable bonds is 12. The van der Waals surface area contributed by atoms with E-state index in [1.54, 1.807) is 36.4 Å². The molecule has 2 aromatic carbocycles. The number of nitrogens with one attached hydrogen (secondary N) is 2. The van der Waals surface area contributed by atoms with Crippen LogP contribution in [0.4, 0.5) is 5.69 Å². The minimum atomic E-state index is -0.219. The van der Waals surface area contributed by atoms with Crippen LogP contribution in [-0.4, -0.2) is 25.0 Å². The van der Waals surface area contributed by atoms with E-state index in [9.17, 15) is 9.59 Å². The first-order valence-electron chi connectivity index (χ1n) is 10.6.